The Labute approximate surface area is 185 Å². The van der Waals surface area contributed by atoms with Crippen LogP contribution in [0.4, 0.5) is 0 Å². The number of hydrogen-bond acceptors (Lipinski definition) is 4. The predicted molar refractivity (Wildman–Crippen MR) is 124 cm³/mol. The van der Waals surface area contributed by atoms with E-state index in [2.05, 4.69) is 75.4 Å². The molecule has 0 atom stereocenters. The summed E-state index contributed by atoms with van der Waals surface area (Å²) in [6, 6.07) is 12.5. The molecule has 0 unspecified atom stereocenters. The van der Waals surface area contributed by atoms with E-state index >= 15 is 0 Å². The summed E-state index contributed by atoms with van der Waals surface area (Å²) in [7, 11) is 0. The topological polar surface area (TPSA) is 80.3 Å². The van der Waals surface area contributed by atoms with E-state index in [9.17, 15) is 0 Å². The van der Waals surface area contributed by atoms with Gasteiger partial charge in [0.1, 0.15) is 12.4 Å². The maximum absolute atomic E-state index is 5.49. The summed E-state index contributed by atoms with van der Waals surface area (Å²) in [4.78, 5) is 9.17. The van der Waals surface area contributed by atoms with Crippen molar-refractivity contribution in [2.45, 2.75) is 59.0 Å². The molecular formula is C24H34N6O. The molecule has 0 spiro atoms. The smallest absolute Gasteiger partial charge is 0.191 e. The molecule has 0 saturated heterocycles. The zero-order chi connectivity index (χ0) is 21.9. The summed E-state index contributed by atoms with van der Waals surface area (Å²) >= 11 is 0. The summed E-state index contributed by atoms with van der Waals surface area (Å²) < 4.78 is 7.68. The summed E-state index contributed by atoms with van der Waals surface area (Å²) in [5.74, 6) is 3.06. The molecule has 31 heavy (non-hydrogen) atoms. The molecule has 0 radical (unpaired) electrons. The zero-order valence-electron chi connectivity index (χ0n) is 18.8. The van der Waals surface area contributed by atoms with Crippen molar-refractivity contribution < 1.29 is 4.52 Å². The molecule has 3 aromatic rings. The molecule has 166 valence electrons. The molecule has 0 amide bonds. The van der Waals surface area contributed by atoms with Crippen molar-refractivity contribution in [3.8, 4) is 0 Å². The third kappa shape index (κ3) is 6.70. The average molecular weight is 423 g/mol. The molecular weight excluding hydrogens is 388 g/mol. The van der Waals surface area contributed by atoms with Crippen molar-refractivity contribution in [1.29, 1.82) is 0 Å². The van der Waals surface area contributed by atoms with Crippen LogP contribution in [0.2, 0.25) is 0 Å². The highest BCUT2D eigenvalue weighted by Crippen LogP contribution is 2.22. The van der Waals surface area contributed by atoms with Gasteiger partial charge >= 0.3 is 0 Å². The lowest BCUT2D eigenvalue weighted by Gasteiger charge is -2.12. The van der Waals surface area contributed by atoms with E-state index < -0.39 is 0 Å². The van der Waals surface area contributed by atoms with Crippen molar-refractivity contribution >= 4 is 5.96 Å². The highest BCUT2D eigenvalue weighted by molar-refractivity contribution is 5.79. The maximum Gasteiger partial charge on any atom is 0.191 e. The minimum absolute atomic E-state index is 0.451. The van der Waals surface area contributed by atoms with Crippen LogP contribution in [0.25, 0.3) is 0 Å². The van der Waals surface area contributed by atoms with Crippen molar-refractivity contribution in [2.75, 3.05) is 13.1 Å². The first-order valence-electron chi connectivity index (χ1n) is 11.2. The fraction of sp³-hybridized carbons (Fsp3) is 0.458. The van der Waals surface area contributed by atoms with E-state index in [1.807, 2.05) is 24.5 Å². The molecule has 0 aliphatic carbocycles. The van der Waals surface area contributed by atoms with Crippen LogP contribution < -0.4 is 10.6 Å². The third-order valence-electron chi connectivity index (χ3n) is 5.36. The summed E-state index contributed by atoms with van der Waals surface area (Å²) in [6.07, 6.45) is 6.83. The molecule has 3 rings (SSSR count). The second-order valence-electron chi connectivity index (χ2n) is 7.56. The molecule has 0 bridgehead atoms. The van der Waals surface area contributed by atoms with Gasteiger partial charge in [0, 0.05) is 50.4 Å². The Morgan fingerprint density at radius 1 is 1.13 bits per heavy atom. The highest BCUT2D eigenvalue weighted by atomic mass is 16.5. The Hall–Kier alpha value is -3.09. The van der Waals surface area contributed by atoms with E-state index in [-0.39, 0.29) is 0 Å². The normalized spacial score (nSPS) is 11.8. The van der Waals surface area contributed by atoms with E-state index in [4.69, 9.17) is 4.52 Å². The first kappa shape index (κ1) is 22.6. The SMILES string of the molecule is CCNC(=NCc1cc(C(CC)CC)no1)NCCc1nccn1Cc1ccccc1. The Balaban J connectivity index is 1.54. The van der Waals surface area contributed by atoms with Gasteiger partial charge in [0.15, 0.2) is 11.7 Å². The van der Waals surface area contributed by atoms with Gasteiger partial charge in [0.25, 0.3) is 0 Å². The largest absolute Gasteiger partial charge is 0.359 e. The van der Waals surface area contributed by atoms with Gasteiger partial charge < -0.3 is 19.7 Å². The molecule has 0 aliphatic rings. The van der Waals surface area contributed by atoms with Crippen molar-refractivity contribution in [3.63, 3.8) is 0 Å². The Morgan fingerprint density at radius 2 is 1.94 bits per heavy atom. The number of rotatable bonds is 11. The molecule has 2 aromatic heterocycles. The van der Waals surface area contributed by atoms with Gasteiger partial charge in [-0.15, -0.1) is 0 Å². The van der Waals surface area contributed by atoms with Crippen LogP contribution in [0.15, 0.2) is 58.3 Å². The number of nitrogens with one attached hydrogen (secondary N) is 2. The van der Waals surface area contributed by atoms with Crippen molar-refractivity contribution in [3.05, 3.63) is 71.6 Å². The number of nitrogens with zero attached hydrogens (tertiary/aromatic N) is 4. The zero-order valence-corrected chi connectivity index (χ0v) is 18.8. The van der Waals surface area contributed by atoms with E-state index in [1.54, 1.807) is 0 Å². The van der Waals surface area contributed by atoms with Crippen LogP contribution in [0.3, 0.4) is 0 Å². The van der Waals surface area contributed by atoms with Gasteiger partial charge in [-0.2, -0.15) is 0 Å². The molecule has 0 fully saturated rings. The lowest BCUT2D eigenvalue weighted by atomic mass is 9.99. The maximum atomic E-state index is 5.49. The monoisotopic (exact) mass is 422 g/mol. The molecule has 2 N–H and O–H groups in total. The number of guanidine groups is 1. The lowest BCUT2D eigenvalue weighted by molar-refractivity contribution is 0.372. The summed E-state index contributed by atoms with van der Waals surface area (Å²) in [5, 5.41) is 10.9. The molecule has 2 heterocycles. The van der Waals surface area contributed by atoms with E-state index in [1.165, 1.54) is 5.56 Å². The number of aliphatic imine (C=N–C) groups is 1. The minimum Gasteiger partial charge on any atom is -0.359 e. The first-order valence-corrected chi connectivity index (χ1v) is 11.2. The quantitative estimate of drug-likeness (QED) is 0.359. The van der Waals surface area contributed by atoms with Crippen LogP contribution in [0, 0.1) is 0 Å². The molecule has 1 aromatic carbocycles. The Morgan fingerprint density at radius 3 is 2.68 bits per heavy atom. The van der Waals surface area contributed by atoms with Crippen LogP contribution >= 0.6 is 0 Å². The Bertz CT molecular complexity index is 926. The standard InChI is InChI=1S/C24H34N6O/c1-4-20(5-2)22-16-21(31-29-22)17-28-24(25-6-3)27-13-12-23-26-14-15-30(23)18-19-10-8-7-9-11-19/h7-11,14-16,20H,4-6,12-13,17-18H2,1-3H3,(H2,25,27,28). The lowest BCUT2D eigenvalue weighted by Crippen LogP contribution is -2.38. The van der Waals surface area contributed by atoms with Crippen LogP contribution in [-0.4, -0.2) is 33.8 Å². The number of hydrogen-bond donors (Lipinski definition) is 2. The van der Waals surface area contributed by atoms with Crippen LogP contribution in [-0.2, 0) is 19.5 Å². The molecule has 0 saturated carbocycles. The second-order valence-corrected chi connectivity index (χ2v) is 7.56. The van der Waals surface area contributed by atoms with Gasteiger partial charge in [-0.3, -0.25) is 0 Å². The summed E-state index contributed by atoms with van der Waals surface area (Å²) in [6.45, 7) is 9.25. The van der Waals surface area contributed by atoms with Gasteiger partial charge in [-0.1, -0.05) is 49.3 Å². The fourth-order valence-corrected chi connectivity index (χ4v) is 3.59. The van der Waals surface area contributed by atoms with Crippen molar-refractivity contribution in [2.24, 2.45) is 4.99 Å². The highest BCUT2D eigenvalue weighted by Gasteiger charge is 2.13. The van der Waals surface area contributed by atoms with Gasteiger partial charge in [-0.05, 0) is 25.3 Å². The predicted octanol–water partition coefficient (Wildman–Crippen LogP) is 4.12. The van der Waals surface area contributed by atoms with Crippen LogP contribution in [0.1, 0.15) is 62.4 Å². The number of benzene rings is 1. The molecule has 7 heteroatoms. The van der Waals surface area contributed by atoms with Gasteiger partial charge in [0.2, 0.25) is 0 Å². The first-order chi connectivity index (χ1) is 15.2. The van der Waals surface area contributed by atoms with Crippen LogP contribution in [0.5, 0.6) is 0 Å². The third-order valence-corrected chi connectivity index (χ3v) is 5.36. The van der Waals surface area contributed by atoms with E-state index in [0.29, 0.717) is 12.5 Å². The number of aromatic nitrogens is 3. The van der Waals surface area contributed by atoms with E-state index in [0.717, 1.165) is 62.1 Å². The van der Waals surface area contributed by atoms with Crippen molar-refractivity contribution in [1.82, 2.24) is 25.3 Å². The second kappa shape index (κ2) is 11.9. The molecule has 0 aliphatic heterocycles. The van der Waals surface area contributed by atoms with Gasteiger partial charge in [0.05, 0.1) is 5.69 Å². The molecule has 7 nitrogen and oxygen atoms in total. The average Bonchev–Trinajstić information content (AvgIpc) is 3.44. The number of imidazole rings is 1. The minimum atomic E-state index is 0.451. The fourth-order valence-electron chi connectivity index (χ4n) is 3.59. The van der Waals surface area contributed by atoms with Gasteiger partial charge in [-0.25, -0.2) is 9.98 Å². The summed E-state index contributed by atoms with van der Waals surface area (Å²) in [5.41, 5.74) is 2.29. The Kier molecular flexibility index (Phi) is 8.70.